The minimum atomic E-state index is -0.496. The highest BCUT2D eigenvalue weighted by molar-refractivity contribution is 5.95. The summed E-state index contributed by atoms with van der Waals surface area (Å²) in [7, 11) is 4.01. The molecule has 2 N–H and O–H groups in total. The van der Waals surface area contributed by atoms with E-state index in [0.29, 0.717) is 19.5 Å². The quantitative estimate of drug-likeness (QED) is 0.552. The molecule has 1 aliphatic rings. The van der Waals surface area contributed by atoms with Gasteiger partial charge >= 0.3 is 6.03 Å². The molecular weight excluding hydrogens is 424 g/mol. The molecule has 6 nitrogen and oxygen atoms in total. The lowest BCUT2D eigenvalue weighted by Crippen LogP contribution is -2.49. The van der Waals surface area contributed by atoms with Crippen molar-refractivity contribution in [2.75, 3.05) is 30.9 Å². The minimum Gasteiger partial charge on any atom is -0.378 e. The monoisotopic (exact) mass is 464 g/mol. The van der Waals surface area contributed by atoms with Gasteiger partial charge < -0.3 is 20.4 Å². The molecule has 6 heteroatoms. The fourth-order valence-electron chi connectivity index (χ4n) is 4.51. The predicted molar refractivity (Wildman–Crippen MR) is 141 cm³/mol. The van der Waals surface area contributed by atoms with E-state index in [-0.39, 0.29) is 23.8 Å². The zero-order valence-corrected chi connectivity index (χ0v) is 21.5. The fourth-order valence-corrected chi connectivity index (χ4v) is 4.51. The lowest BCUT2D eigenvalue weighted by atomic mass is 9.92. The Morgan fingerprint density at radius 2 is 1.62 bits per heavy atom. The number of hydrogen-bond acceptors (Lipinski definition) is 3. The Balaban J connectivity index is 1.96. The number of carbonyl (C=O) groups excluding carboxylic acids is 2. The Labute approximate surface area is 204 Å². The average molecular weight is 465 g/mol. The molecule has 3 rings (SSSR count). The molecule has 1 heterocycles. The molecule has 2 aromatic rings. The number of nitrogens with one attached hydrogen (secondary N) is 2. The van der Waals surface area contributed by atoms with Gasteiger partial charge in [-0.05, 0) is 59.9 Å². The molecule has 0 saturated carbocycles. The van der Waals surface area contributed by atoms with E-state index in [1.165, 1.54) is 0 Å². The second-order valence-corrected chi connectivity index (χ2v) is 10.0. The third-order valence-electron chi connectivity index (χ3n) is 6.55. The van der Waals surface area contributed by atoms with Crippen LogP contribution in [0.1, 0.15) is 75.5 Å². The first-order chi connectivity index (χ1) is 16.2. The first-order valence-corrected chi connectivity index (χ1v) is 12.4. The van der Waals surface area contributed by atoms with Gasteiger partial charge in [-0.2, -0.15) is 0 Å². The van der Waals surface area contributed by atoms with Crippen molar-refractivity contribution in [1.29, 1.82) is 0 Å². The predicted octanol–water partition coefficient (Wildman–Crippen LogP) is 5.70. The lowest BCUT2D eigenvalue weighted by molar-refractivity contribution is -0.125. The van der Waals surface area contributed by atoms with Crippen LogP contribution >= 0.6 is 0 Å². The van der Waals surface area contributed by atoms with Gasteiger partial charge in [-0.15, -0.1) is 0 Å². The number of amides is 3. The van der Waals surface area contributed by atoms with Crippen LogP contribution in [0, 0.1) is 0 Å². The molecule has 1 atom stereocenters. The molecule has 34 heavy (non-hydrogen) atoms. The van der Waals surface area contributed by atoms with Gasteiger partial charge in [0.15, 0.2) is 0 Å². The summed E-state index contributed by atoms with van der Waals surface area (Å²) in [5, 5.41) is 6.22. The van der Waals surface area contributed by atoms with Crippen LogP contribution < -0.4 is 15.5 Å². The Bertz CT molecular complexity index is 956. The molecule has 0 spiro atoms. The number of hydrogen-bond donors (Lipinski definition) is 2. The van der Waals surface area contributed by atoms with Crippen LogP contribution in [0.2, 0.25) is 0 Å². The molecule has 1 saturated heterocycles. The van der Waals surface area contributed by atoms with Gasteiger partial charge in [0, 0.05) is 38.6 Å². The molecular formula is C28H40N4O2. The summed E-state index contributed by atoms with van der Waals surface area (Å²) in [5.74, 6) is 0.461. The fraction of sp³-hybridized carbons (Fsp3) is 0.500. The van der Waals surface area contributed by atoms with Crippen molar-refractivity contribution in [3.05, 3.63) is 59.2 Å². The van der Waals surface area contributed by atoms with Crippen molar-refractivity contribution < 1.29 is 9.59 Å². The second-order valence-electron chi connectivity index (χ2n) is 10.0. The van der Waals surface area contributed by atoms with Gasteiger partial charge in [-0.25, -0.2) is 4.79 Å². The number of rotatable bonds is 7. The van der Waals surface area contributed by atoms with Crippen LogP contribution in [0.5, 0.6) is 0 Å². The van der Waals surface area contributed by atoms with Gasteiger partial charge in [0.05, 0.1) is 0 Å². The second kappa shape index (κ2) is 11.4. The summed E-state index contributed by atoms with van der Waals surface area (Å²) >= 11 is 0. The SMILES string of the molecule is CC(C)c1cccc(C(C)C)c1NC(=O)N(Cc1ccc(N(C)C)cc1)C1CCCCNC1=O. The first-order valence-electron chi connectivity index (χ1n) is 12.4. The summed E-state index contributed by atoms with van der Waals surface area (Å²) in [4.78, 5) is 30.5. The lowest BCUT2D eigenvalue weighted by Gasteiger charge is -2.31. The zero-order chi connectivity index (χ0) is 24.8. The van der Waals surface area contributed by atoms with Crippen LogP contribution in [-0.4, -0.2) is 43.5 Å². The number of carbonyl (C=O) groups is 2. The molecule has 0 aliphatic carbocycles. The van der Waals surface area contributed by atoms with E-state index in [2.05, 4.69) is 56.5 Å². The largest absolute Gasteiger partial charge is 0.378 e. The summed E-state index contributed by atoms with van der Waals surface area (Å²) in [6, 6.07) is 13.6. The van der Waals surface area contributed by atoms with Gasteiger partial charge in [-0.1, -0.05) is 58.0 Å². The first kappa shape index (κ1) is 25.6. The molecule has 3 amide bonds. The maximum absolute atomic E-state index is 13.8. The standard InChI is InChI=1S/C28H40N4O2/c1-19(2)23-10-9-11-24(20(3)4)26(23)30-28(34)32(25-12-7-8-17-29-27(25)33)18-21-13-15-22(16-14-21)31(5)6/h9-11,13-16,19-20,25H,7-8,12,17-18H2,1-6H3,(H,29,33)(H,30,34). The highest BCUT2D eigenvalue weighted by atomic mass is 16.2. The smallest absolute Gasteiger partial charge is 0.322 e. The third kappa shape index (κ3) is 6.10. The number of nitrogens with zero attached hydrogens (tertiary/aromatic N) is 2. The summed E-state index contributed by atoms with van der Waals surface area (Å²) in [6.07, 6.45) is 2.51. The highest BCUT2D eigenvalue weighted by Gasteiger charge is 2.32. The number of para-hydroxylation sites is 1. The van der Waals surface area contributed by atoms with E-state index in [1.54, 1.807) is 4.90 Å². The molecule has 184 valence electrons. The Kier molecular flexibility index (Phi) is 8.59. The summed E-state index contributed by atoms with van der Waals surface area (Å²) in [5.41, 5.74) is 5.19. The topological polar surface area (TPSA) is 64.7 Å². The Morgan fingerprint density at radius 3 is 2.18 bits per heavy atom. The van der Waals surface area contributed by atoms with E-state index < -0.39 is 6.04 Å². The Morgan fingerprint density at radius 1 is 1.00 bits per heavy atom. The van der Waals surface area contributed by atoms with Crippen LogP contribution in [0.15, 0.2) is 42.5 Å². The van der Waals surface area contributed by atoms with Crippen LogP contribution in [0.4, 0.5) is 16.2 Å². The van der Waals surface area contributed by atoms with Gasteiger partial charge in [0.2, 0.25) is 5.91 Å². The van der Waals surface area contributed by atoms with Crippen LogP contribution in [0.3, 0.4) is 0 Å². The molecule has 0 bridgehead atoms. The molecule has 1 unspecified atom stereocenters. The maximum Gasteiger partial charge on any atom is 0.322 e. The van der Waals surface area contributed by atoms with E-state index in [9.17, 15) is 9.59 Å². The van der Waals surface area contributed by atoms with E-state index in [0.717, 1.165) is 40.9 Å². The van der Waals surface area contributed by atoms with Crippen molar-refractivity contribution in [2.24, 2.45) is 0 Å². The van der Waals surface area contributed by atoms with Crippen LogP contribution in [0.25, 0.3) is 0 Å². The van der Waals surface area contributed by atoms with Crippen molar-refractivity contribution in [1.82, 2.24) is 10.2 Å². The van der Waals surface area contributed by atoms with Crippen LogP contribution in [-0.2, 0) is 11.3 Å². The van der Waals surface area contributed by atoms with Crippen molar-refractivity contribution in [2.45, 2.75) is 71.4 Å². The van der Waals surface area contributed by atoms with E-state index >= 15 is 0 Å². The number of benzene rings is 2. The van der Waals surface area contributed by atoms with E-state index in [1.807, 2.05) is 43.3 Å². The third-order valence-corrected chi connectivity index (χ3v) is 6.55. The van der Waals surface area contributed by atoms with Gasteiger partial charge in [0.1, 0.15) is 6.04 Å². The molecule has 0 aromatic heterocycles. The number of urea groups is 1. The van der Waals surface area contributed by atoms with Gasteiger partial charge in [0.25, 0.3) is 0 Å². The summed E-state index contributed by atoms with van der Waals surface area (Å²) in [6.45, 7) is 9.58. The van der Waals surface area contributed by atoms with Crippen molar-refractivity contribution in [3.8, 4) is 0 Å². The molecule has 1 fully saturated rings. The normalized spacial score (nSPS) is 16.2. The molecule has 1 aliphatic heterocycles. The average Bonchev–Trinajstić information content (AvgIpc) is 3.01. The van der Waals surface area contributed by atoms with Crippen molar-refractivity contribution in [3.63, 3.8) is 0 Å². The molecule has 0 radical (unpaired) electrons. The zero-order valence-electron chi connectivity index (χ0n) is 21.5. The summed E-state index contributed by atoms with van der Waals surface area (Å²) < 4.78 is 0. The van der Waals surface area contributed by atoms with Gasteiger partial charge in [-0.3, -0.25) is 4.79 Å². The minimum absolute atomic E-state index is 0.0706. The Hall–Kier alpha value is -3.02. The van der Waals surface area contributed by atoms with E-state index in [4.69, 9.17) is 0 Å². The van der Waals surface area contributed by atoms with Crippen molar-refractivity contribution >= 4 is 23.3 Å². The number of anilines is 2. The molecule has 2 aromatic carbocycles. The maximum atomic E-state index is 13.8. The highest BCUT2D eigenvalue weighted by Crippen LogP contribution is 2.33.